The second-order valence-electron chi connectivity index (χ2n) is 4.98. The number of thioether (sulfide) groups is 1. The molecule has 1 aromatic carbocycles. The topological polar surface area (TPSA) is 98.1 Å². The van der Waals surface area contributed by atoms with Crippen LogP contribution < -0.4 is 0 Å². The number of nitrogens with zero attached hydrogens (tertiary/aromatic N) is 1. The number of aromatic hydroxyl groups is 2. The van der Waals surface area contributed by atoms with Gasteiger partial charge in [0, 0.05) is 5.25 Å². The van der Waals surface area contributed by atoms with Crippen LogP contribution in [0, 0.1) is 0 Å². The van der Waals surface area contributed by atoms with Gasteiger partial charge in [-0.05, 0) is 30.2 Å². The molecule has 1 amide bonds. The zero-order valence-corrected chi connectivity index (χ0v) is 11.7. The average molecular weight is 307 g/mol. The molecule has 0 spiro atoms. The van der Waals surface area contributed by atoms with Crippen molar-refractivity contribution < 1.29 is 24.9 Å². The van der Waals surface area contributed by atoms with E-state index < -0.39 is 5.97 Å². The van der Waals surface area contributed by atoms with Crippen LogP contribution in [0.5, 0.6) is 11.5 Å². The van der Waals surface area contributed by atoms with Gasteiger partial charge in [0.25, 0.3) is 0 Å². The molecule has 7 heteroatoms. The Morgan fingerprint density at radius 2 is 2.10 bits per heavy atom. The number of carbonyl (C=O) groups excluding carboxylic acids is 1. The predicted molar refractivity (Wildman–Crippen MR) is 75.8 cm³/mol. The van der Waals surface area contributed by atoms with Gasteiger partial charge in [-0.15, -0.1) is 11.8 Å². The summed E-state index contributed by atoms with van der Waals surface area (Å²) in [4.78, 5) is 24.0. The molecule has 1 aromatic rings. The maximum atomic E-state index is 11.5. The normalized spacial score (nSPS) is 24.1. The summed E-state index contributed by atoms with van der Waals surface area (Å²) in [6.45, 7) is 0. The fourth-order valence-corrected chi connectivity index (χ4v) is 3.98. The largest absolute Gasteiger partial charge is 0.504 e. The molecule has 0 aliphatic carbocycles. The summed E-state index contributed by atoms with van der Waals surface area (Å²) in [6.07, 6.45) is 2.45. The Bertz CT molecular complexity index is 657. The molecule has 110 valence electrons. The van der Waals surface area contributed by atoms with E-state index in [4.69, 9.17) is 0 Å². The molecule has 1 saturated heterocycles. The highest BCUT2D eigenvalue weighted by Crippen LogP contribution is 2.41. The minimum absolute atomic E-state index is 0.0306. The number of carbonyl (C=O) groups is 2. The van der Waals surface area contributed by atoms with Crippen molar-refractivity contribution in [3.05, 3.63) is 35.5 Å². The van der Waals surface area contributed by atoms with Crippen molar-refractivity contribution in [2.75, 3.05) is 0 Å². The molecule has 2 heterocycles. The third-order valence-electron chi connectivity index (χ3n) is 3.54. The summed E-state index contributed by atoms with van der Waals surface area (Å²) in [5, 5.41) is 27.8. The van der Waals surface area contributed by atoms with E-state index in [-0.39, 0.29) is 33.7 Å². The standard InChI is InChI=1S/C14H13NO5S/c16-10-2-1-7(4-11(10)17)3-8-5-9(14(19)20)15-12(18)6-13(15)21-8/h1-2,4-5,8,13,16-17H,3,6H2,(H,19,20)/t8?,13-/m1/s1. The molecule has 2 atom stereocenters. The Balaban J connectivity index is 1.82. The number of hydrogen-bond donors (Lipinski definition) is 3. The number of phenolic OH excluding ortho intramolecular Hbond substituents is 2. The Kier molecular flexibility index (Phi) is 3.29. The molecular formula is C14H13NO5S. The number of aliphatic carboxylic acids is 1. The molecule has 2 aliphatic rings. The molecule has 0 radical (unpaired) electrons. The monoisotopic (exact) mass is 307 g/mol. The molecule has 3 rings (SSSR count). The summed E-state index contributed by atoms with van der Waals surface area (Å²) in [5.74, 6) is -1.66. The summed E-state index contributed by atoms with van der Waals surface area (Å²) >= 11 is 1.53. The molecular weight excluding hydrogens is 294 g/mol. The molecule has 21 heavy (non-hydrogen) atoms. The number of benzene rings is 1. The molecule has 0 bridgehead atoms. The van der Waals surface area contributed by atoms with Crippen molar-refractivity contribution >= 4 is 23.6 Å². The maximum absolute atomic E-state index is 11.5. The lowest BCUT2D eigenvalue weighted by atomic mass is 10.1. The van der Waals surface area contributed by atoms with Crippen LogP contribution in [0.3, 0.4) is 0 Å². The van der Waals surface area contributed by atoms with E-state index in [1.54, 1.807) is 12.1 Å². The summed E-state index contributed by atoms with van der Waals surface area (Å²) in [7, 11) is 0. The summed E-state index contributed by atoms with van der Waals surface area (Å²) in [6, 6.07) is 4.55. The molecule has 0 aromatic heterocycles. The van der Waals surface area contributed by atoms with Crippen molar-refractivity contribution in [3.8, 4) is 11.5 Å². The summed E-state index contributed by atoms with van der Waals surface area (Å²) < 4.78 is 0. The lowest BCUT2D eigenvalue weighted by molar-refractivity contribution is -0.146. The second-order valence-corrected chi connectivity index (χ2v) is 6.40. The smallest absolute Gasteiger partial charge is 0.352 e. The molecule has 3 N–H and O–H groups in total. The number of rotatable bonds is 3. The molecule has 1 fully saturated rings. The number of carboxylic acids is 1. The zero-order chi connectivity index (χ0) is 15.1. The van der Waals surface area contributed by atoms with Crippen molar-refractivity contribution in [3.63, 3.8) is 0 Å². The van der Waals surface area contributed by atoms with E-state index in [0.717, 1.165) is 5.56 Å². The van der Waals surface area contributed by atoms with E-state index in [1.165, 1.54) is 28.8 Å². The van der Waals surface area contributed by atoms with Crippen molar-refractivity contribution in [2.45, 2.75) is 23.5 Å². The molecule has 2 aliphatic heterocycles. The first kappa shape index (κ1) is 13.8. The van der Waals surface area contributed by atoms with E-state index >= 15 is 0 Å². The lowest BCUT2D eigenvalue weighted by Gasteiger charge is -2.44. The number of amides is 1. The zero-order valence-electron chi connectivity index (χ0n) is 10.9. The van der Waals surface area contributed by atoms with Gasteiger partial charge in [-0.3, -0.25) is 9.69 Å². The van der Waals surface area contributed by atoms with Crippen molar-refractivity contribution in [1.82, 2.24) is 4.90 Å². The maximum Gasteiger partial charge on any atom is 0.352 e. The van der Waals surface area contributed by atoms with Gasteiger partial charge in [-0.1, -0.05) is 6.07 Å². The highest BCUT2D eigenvalue weighted by atomic mass is 32.2. The van der Waals surface area contributed by atoms with E-state index in [9.17, 15) is 24.9 Å². The van der Waals surface area contributed by atoms with Gasteiger partial charge in [0.2, 0.25) is 5.91 Å². The second kappa shape index (κ2) is 5.00. The van der Waals surface area contributed by atoms with Gasteiger partial charge in [0.15, 0.2) is 11.5 Å². The molecule has 0 saturated carbocycles. The van der Waals surface area contributed by atoms with Crippen molar-refractivity contribution in [1.29, 1.82) is 0 Å². The van der Waals surface area contributed by atoms with E-state index in [2.05, 4.69) is 0 Å². The van der Waals surface area contributed by atoms with Gasteiger partial charge >= 0.3 is 5.97 Å². The SMILES string of the molecule is O=C(O)C1=CC(Cc2ccc(O)c(O)c2)S[C@@H]2CC(=O)N12. The van der Waals surface area contributed by atoms with Crippen LogP contribution in [-0.4, -0.2) is 42.7 Å². The Hall–Kier alpha value is -2.15. The Labute approximate surface area is 124 Å². The Morgan fingerprint density at radius 3 is 2.71 bits per heavy atom. The van der Waals surface area contributed by atoms with Crippen LogP contribution in [0.1, 0.15) is 12.0 Å². The van der Waals surface area contributed by atoms with Crippen LogP contribution in [0.2, 0.25) is 0 Å². The van der Waals surface area contributed by atoms with Gasteiger partial charge in [-0.25, -0.2) is 4.79 Å². The van der Waals surface area contributed by atoms with Gasteiger partial charge < -0.3 is 15.3 Å². The first-order chi connectivity index (χ1) is 9.95. The number of phenols is 2. The van der Waals surface area contributed by atoms with E-state index in [1.807, 2.05) is 0 Å². The number of hydrogen-bond acceptors (Lipinski definition) is 5. The summed E-state index contributed by atoms with van der Waals surface area (Å²) in [5.41, 5.74) is 0.825. The number of carboxylic acid groups (broad SMARTS) is 1. The minimum atomic E-state index is -1.10. The average Bonchev–Trinajstić information content (AvgIpc) is 2.41. The lowest BCUT2D eigenvalue weighted by Crippen LogP contribution is -2.54. The number of fused-ring (bicyclic) bond motifs is 1. The van der Waals surface area contributed by atoms with E-state index in [0.29, 0.717) is 12.8 Å². The highest BCUT2D eigenvalue weighted by Gasteiger charge is 2.45. The quantitative estimate of drug-likeness (QED) is 0.575. The third kappa shape index (κ3) is 2.44. The number of β-lactam (4-membered cyclic amide) rings is 1. The molecule has 1 unspecified atom stereocenters. The van der Waals surface area contributed by atoms with Gasteiger partial charge in [0.1, 0.15) is 5.70 Å². The first-order valence-electron chi connectivity index (χ1n) is 6.39. The fourth-order valence-electron chi connectivity index (χ4n) is 2.49. The Morgan fingerprint density at radius 1 is 1.33 bits per heavy atom. The molecule has 6 nitrogen and oxygen atoms in total. The van der Waals surface area contributed by atoms with Crippen LogP contribution >= 0.6 is 11.8 Å². The third-order valence-corrected chi connectivity index (χ3v) is 4.88. The van der Waals surface area contributed by atoms with Crippen molar-refractivity contribution in [2.24, 2.45) is 0 Å². The van der Waals surface area contributed by atoms with Crippen LogP contribution in [0.4, 0.5) is 0 Å². The first-order valence-corrected chi connectivity index (χ1v) is 7.33. The predicted octanol–water partition coefficient (Wildman–Crippen LogP) is 1.28. The van der Waals surface area contributed by atoms with Gasteiger partial charge in [0.05, 0.1) is 11.8 Å². The fraction of sp³-hybridized carbons (Fsp3) is 0.286. The van der Waals surface area contributed by atoms with Crippen LogP contribution in [0.25, 0.3) is 0 Å². The minimum Gasteiger partial charge on any atom is -0.504 e. The van der Waals surface area contributed by atoms with Crippen LogP contribution in [0.15, 0.2) is 30.0 Å². The highest BCUT2D eigenvalue weighted by molar-refractivity contribution is 8.00. The van der Waals surface area contributed by atoms with Crippen LogP contribution in [-0.2, 0) is 16.0 Å². The van der Waals surface area contributed by atoms with Gasteiger partial charge in [-0.2, -0.15) is 0 Å².